The zero-order valence-corrected chi connectivity index (χ0v) is 18.0. The Bertz CT molecular complexity index is 972. The third kappa shape index (κ3) is 3.74. The molecule has 0 aliphatic carbocycles. The van der Waals surface area contributed by atoms with Crippen molar-refractivity contribution in [2.24, 2.45) is 0 Å². The van der Waals surface area contributed by atoms with E-state index in [4.69, 9.17) is 39.5 Å². The third-order valence-electron chi connectivity index (χ3n) is 5.22. The highest BCUT2D eigenvalue weighted by atomic mass is 35.5. The number of nitrogens with zero attached hydrogens (tertiary/aromatic N) is 2. The molecule has 2 aromatic rings. The van der Waals surface area contributed by atoms with Crippen LogP contribution in [0, 0.1) is 0 Å². The van der Waals surface area contributed by atoms with Crippen LogP contribution in [0.5, 0.6) is 0 Å². The summed E-state index contributed by atoms with van der Waals surface area (Å²) in [6, 6.07) is 10.7. The topological polar surface area (TPSA) is 49.9 Å². The van der Waals surface area contributed by atoms with E-state index in [2.05, 4.69) is 4.90 Å². The summed E-state index contributed by atoms with van der Waals surface area (Å²) in [6.45, 7) is 1.81. The lowest BCUT2D eigenvalue weighted by Crippen LogP contribution is -2.48. The second-order valence-electron chi connectivity index (χ2n) is 6.91. The summed E-state index contributed by atoms with van der Waals surface area (Å²) in [6.07, 6.45) is 1.37. The fraction of sp³-hybridized carbons (Fsp3) is 0.368. The first kappa shape index (κ1) is 20.3. The zero-order chi connectivity index (χ0) is 19.9. The highest BCUT2D eigenvalue weighted by molar-refractivity contribution is 7.89. The first-order valence-electron chi connectivity index (χ1n) is 8.95. The van der Waals surface area contributed by atoms with Gasteiger partial charge in [0.2, 0.25) is 10.0 Å². The first-order valence-corrected chi connectivity index (χ1v) is 11.5. The molecule has 0 N–H and O–H groups in total. The lowest BCUT2D eigenvalue weighted by Gasteiger charge is -2.41. The van der Waals surface area contributed by atoms with Gasteiger partial charge in [-0.15, -0.1) is 0 Å². The predicted molar refractivity (Wildman–Crippen MR) is 112 cm³/mol. The molecule has 150 valence electrons. The van der Waals surface area contributed by atoms with Crippen LogP contribution in [0.2, 0.25) is 15.1 Å². The van der Waals surface area contributed by atoms with Crippen LogP contribution >= 0.6 is 34.8 Å². The molecule has 2 aliphatic heterocycles. The van der Waals surface area contributed by atoms with Gasteiger partial charge in [-0.25, -0.2) is 8.42 Å². The van der Waals surface area contributed by atoms with Gasteiger partial charge in [-0.1, -0.05) is 40.9 Å². The van der Waals surface area contributed by atoms with Crippen LogP contribution in [0.3, 0.4) is 0 Å². The number of anilines is 1. The van der Waals surface area contributed by atoms with E-state index in [1.54, 1.807) is 18.2 Å². The quantitative estimate of drug-likeness (QED) is 0.659. The van der Waals surface area contributed by atoms with Gasteiger partial charge >= 0.3 is 0 Å². The molecule has 0 atom stereocenters. The van der Waals surface area contributed by atoms with Crippen LogP contribution in [0.25, 0.3) is 0 Å². The van der Waals surface area contributed by atoms with E-state index in [9.17, 15) is 8.42 Å². The molecule has 0 unspecified atom stereocenters. The van der Waals surface area contributed by atoms with Crippen LogP contribution in [0.1, 0.15) is 18.4 Å². The minimum atomic E-state index is -3.74. The Morgan fingerprint density at radius 2 is 1.68 bits per heavy atom. The van der Waals surface area contributed by atoms with E-state index in [1.807, 2.05) is 18.2 Å². The van der Waals surface area contributed by atoms with Gasteiger partial charge in [0.15, 0.2) is 0 Å². The smallest absolute Gasteiger partial charge is 0.246 e. The summed E-state index contributed by atoms with van der Waals surface area (Å²) in [4.78, 5) is 2.18. The molecule has 0 radical (unpaired) electrons. The third-order valence-corrected chi connectivity index (χ3v) is 8.31. The molecule has 0 aromatic heterocycles. The van der Waals surface area contributed by atoms with Crippen molar-refractivity contribution in [2.75, 3.05) is 24.7 Å². The Balaban J connectivity index is 1.52. The zero-order valence-electron chi connectivity index (χ0n) is 14.9. The van der Waals surface area contributed by atoms with E-state index < -0.39 is 10.0 Å². The summed E-state index contributed by atoms with van der Waals surface area (Å²) in [5, 5.41) is 0.969. The lowest BCUT2D eigenvalue weighted by atomic mass is 10.0. The molecule has 1 saturated heterocycles. The summed E-state index contributed by atoms with van der Waals surface area (Å²) in [7, 11) is -3.74. The standard InChI is InChI=1S/C19H19Cl3N2O3S/c20-14-4-5-18-13(10-14)11-27-12-24(18)15-6-8-23(9-7-15)28(25,26)19-16(21)2-1-3-17(19)22/h1-5,10,15H,6-9,11-12H2. The van der Waals surface area contributed by atoms with Gasteiger partial charge in [-0.05, 0) is 43.2 Å². The van der Waals surface area contributed by atoms with E-state index >= 15 is 0 Å². The monoisotopic (exact) mass is 460 g/mol. The molecule has 0 bridgehead atoms. The average Bonchev–Trinajstić information content (AvgIpc) is 2.67. The van der Waals surface area contributed by atoms with Crippen LogP contribution in [-0.4, -0.2) is 38.6 Å². The van der Waals surface area contributed by atoms with Gasteiger partial charge in [0.1, 0.15) is 11.6 Å². The second-order valence-corrected chi connectivity index (χ2v) is 10.0. The highest BCUT2D eigenvalue weighted by Gasteiger charge is 2.35. The van der Waals surface area contributed by atoms with Crippen LogP contribution < -0.4 is 4.90 Å². The maximum absolute atomic E-state index is 13.1. The Labute approximate surface area is 179 Å². The Morgan fingerprint density at radius 1 is 1.00 bits per heavy atom. The van der Waals surface area contributed by atoms with Gasteiger partial charge in [-0.2, -0.15) is 4.31 Å². The van der Waals surface area contributed by atoms with Gasteiger partial charge in [-0.3, -0.25) is 0 Å². The normalized spacial score (nSPS) is 18.9. The maximum atomic E-state index is 13.1. The highest BCUT2D eigenvalue weighted by Crippen LogP contribution is 2.35. The number of sulfonamides is 1. The minimum absolute atomic E-state index is 0.0157. The molecule has 0 spiro atoms. The number of hydrogen-bond acceptors (Lipinski definition) is 4. The fourth-order valence-electron chi connectivity index (χ4n) is 3.83. The molecule has 2 aromatic carbocycles. The van der Waals surface area contributed by atoms with Gasteiger partial charge in [0, 0.05) is 35.4 Å². The summed E-state index contributed by atoms with van der Waals surface area (Å²) in [5.74, 6) is 0. The number of rotatable bonds is 3. The van der Waals surface area contributed by atoms with Crippen molar-refractivity contribution >= 4 is 50.5 Å². The van der Waals surface area contributed by atoms with Crippen molar-refractivity contribution in [3.8, 4) is 0 Å². The maximum Gasteiger partial charge on any atom is 0.246 e. The van der Waals surface area contributed by atoms with Gasteiger partial charge in [0.25, 0.3) is 0 Å². The Hall–Kier alpha value is -1.02. The van der Waals surface area contributed by atoms with E-state index in [0.29, 0.717) is 44.3 Å². The molecular formula is C19H19Cl3N2O3S. The fourth-order valence-corrected chi connectivity index (χ4v) is 6.58. The molecule has 28 heavy (non-hydrogen) atoms. The molecule has 5 nitrogen and oxygen atoms in total. The largest absolute Gasteiger partial charge is 0.356 e. The first-order chi connectivity index (χ1) is 13.4. The van der Waals surface area contributed by atoms with Crippen molar-refractivity contribution in [1.82, 2.24) is 4.31 Å². The molecule has 4 rings (SSSR count). The van der Waals surface area contributed by atoms with Crippen molar-refractivity contribution < 1.29 is 13.2 Å². The van der Waals surface area contributed by atoms with Crippen LogP contribution in [0.15, 0.2) is 41.3 Å². The number of piperidine rings is 1. The Morgan fingerprint density at radius 3 is 2.36 bits per heavy atom. The molecule has 9 heteroatoms. The molecular weight excluding hydrogens is 443 g/mol. The SMILES string of the molecule is O=S(=O)(c1c(Cl)cccc1Cl)N1CCC(N2COCc3cc(Cl)ccc32)CC1. The van der Waals surface area contributed by atoms with Crippen LogP contribution in [0.4, 0.5) is 5.69 Å². The van der Waals surface area contributed by atoms with Crippen molar-refractivity contribution in [1.29, 1.82) is 0 Å². The number of halogens is 3. The number of fused-ring (bicyclic) bond motifs is 1. The molecule has 2 heterocycles. The van der Waals surface area contributed by atoms with E-state index in [0.717, 1.165) is 11.3 Å². The van der Waals surface area contributed by atoms with Gasteiger partial charge in [0.05, 0.1) is 16.7 Å². The number of hydrogen-bond donors (Lipinski definition) is 0. The molecule has 0 amide bonds. The van der Waals surface area contributed by atoms with Crippen LogP contribution in [-0.2, 0) is 21.4 Å². The summed E-state index contributed by atoms with van der Waals surface area (Å²) in [5.41, 5.74) is 2.16. The molecule has 0 saturated carbocycles. The average molecular weight is 462 g/mol. The number of benzene rings is 2. The van der Waals surface area contributed by atoms with Gasteiger partial charge < -0.3 is 9.64 Å². The Kier molecular flexibility index (Phi) is 5.80. The van der Waals surface area contributed by atoms with Crippen molar-refractivity contribution in [3.63, 3.8) is 0 Å². The molecule has 2 aliphatic rings. The number of ether oxygens (including phenoxy) is 1. The molecule has 1 fully saturated rings. The van der Waals surface area contributed by atoms with E-state index in [-0.39, 0.29) is 21.0 Å². The predicted octanol–water partition coefficient (Wildman–Crippen LogP) is 4.79. The lowest BCUT2D eigenvalue weighted by molar-refractivity contribution is 0.0988. The minimum Gasteiger partial charge on any atom is -0.356 e. The van der Waals surface area contributed by atoms with Crippen molar-refractivity contribution in [2.45, 2.75) is 30.4 Å². The van der Waals surface area contributed by atoms with E-state index in [1.165, 1.54) is 4.31 Å². The summed E-state index contributed by atoms with van der Waals surface area (Å²) >= 11 is 18.3. The second kappa shape index (κ2) is 8.01. The van der Waals surface area contributed by atoms with Crippen molar-refractivity contribution in [3.05, 3.63) is 57.0 Å². The summed E-state index contributed by atoms with van der Waals surface area (Å²) < 4.78 is 33.3.